The zero-order valence-corrected chi connectivity index (χ0v) is 15.7. The van der Waals surface area contributed by atoms with Crippen LogP contribution in [0.25, 0.3) is 0 Å². The highest BCUT2D eigenvalue weighted by Gasteiger charge is 2.24. The van der Waals surface area contributed by atoms with Gasteiger partial charge in [-0.15, -0.1) is 6.58 Å². The molecule has 0 spiro atoms. The second-order valence-electron chi connectivity index (χ2n) is 7.22. The molecule has 0 saturated heterocycles. The Hall–Kier alpha value is -1.35. The Bertz CT molecular complexity index is 438. The maximum Gasteiger partial charge on any atom is 0.306 e. The lowest BCUT2D eigenvalue weighted by atomic mass is 9.96. The molecule has 0 rings (SSSR count). The summed E-state index contributed by atoms with van der Waals surface area (Å²) in [5.41, 5.74) is 1.40. The van der Waals surface area contributed by atoms with Crippen molar-refractivity contribution >= 4 is 5.97 Å². The van der Waals surface area contributed by atoms with E-state index in [1.807, 2.05) is 26.8 Å². The number of esters is 1. The third kappa shape index (κ3) is 11.8. The average molecular weight is 322 g/mol. The quantitative estimate of drug-likeness (QED) is 0.456. The predicted molar refractivity (Wildman–Crippen MR) is 97.2 cm³/mol. The number of ether oxygens (including phenoxy) is 1. The van der Waals surface area contributed by atoms with E-state index in [4.69, 9.17) is 4.74 Å². The van der Waals surface area contributed by atoms with Gasteiger partial charge in [0.2, 0.25) is 0 Å². The topological polar surface area (TPSA) is 46.5 Å². The van der Waals surface area contributed by atoms with E-state index in [1.165, 1.54) is 11.6 Å². The van der Waals surface area contributed by atoms with Crippen LogP contribution in [-0.2, 0) is 9.53 Å². The summed E-state index contributed by atoms with van der Waals surface area (Å²) in [6.07, 6.45) is 7.79. The summed E-state index contributed by atoms with van der Waals surface area (Å²) < 4.78 is 5.56. The first-order chi connectivity index (χ1) is 10.6. The van der Waals surface area contributed by atoms with Crippen molar-refractivity contribution in [3.63, 3.8) is 0 Å². The highest BCUT2D eigenvalue weighted by atomic mass is 16.5. The predicted octanol–water partition coefficient (Wildman–Crippen LogP) is 4.96. The van der Waals surface area contributed by atoms with Gasteiger partial charge in [0.05, 0.1) is 5.60 Å². The lowest BCUT2D eigenvalue weighted by molar-refractivity contribution is -0.149. The molecule has 0 saturated carbocycles. The van der Waals surface area contributed by atoms with E-state index in [0.29, 0.717) is 12.8 Å². The molecule has 0 aromatic rings. The monoisotopic (exact) mass is 322 g/mol. The van der Waals surface area contributed by atoms with Crippen molar-refractivity contribution < 1.29 is 14.6 Å². The van der Waals surface area contributed by atoms with Crippen molar-refractivity contribution in [3.8, 4) is 0 Å². The molecule has 2 atom stereocenters. The van der Waals surface area contributed by atoms with Crippen LogP contribution in [0.15, 0.2) is 36.0 Å². The number of hydrogen-bond acceptors (Lipinski definition) is 3. The van der Waals surface area contributed by atoms with Crippen molar-refractivity contribution in [2.45, 2.75) is 78.9 Å². The molecular formula is C20H34O3. The third-order valence-corrected chi connectivity index (χ3v) is 3.47. The number of carbonyl (C=O) groups is 1. The van der Waals surface area contributed by atoms with Crippen LogP contribution < -0.4 is 0 Å². The first-order valence-electron chi connectivity index (χ1n) is 8.42. The van der Waals surface area contributed by atoms with Gasteiger partial charge >= 0.3 is 5.97 Å². The van der Waals surface area contributed by atoms with Gasteiger partial charge < -0.3 is 9.84 Å². The van der Waals surface area contributed by atoms with E-state index in [9.17, 15) is 9.90 Å². The number of hydrogen-bond donors (Lipinski definition) is 1. The molecule has 23 heavy (non-hydrogen) atoms. The fourth-order valence-corrected chi connectivity index (χ4v) is 2.16. The largest absolute Gasteiger partial charge is 0.458 e. The normalized spacial score (nSPS) is 15.7. The van der Waals surface area contributed by atoms with Gasteiger partial charge in [0.1, 0.15) is 6.10 Å². The van der Waals surface area contributed by atoms with Crippen LogP contribution in [-0.4, -0.2) is 22.8 Å². The van der Waals surface area contributed by atoms with E-state index in [-0.39, 0.29) is 11.9 Å². The van der Waals surface area contributed by atoms with E-state index >= 15 is 0 Å². The van der Waals surface area contributed by atoms with Gasteiger partial charge in [-0.1, -0.05) is 37.1 Å². The Morgan fingerprint density at radius 1 is 1.30 bits per heavy atom. The molecule has 3 heteroatoms. The molecule has 132 valence electrons. The molecule has 0 amide bonds. The van der Waals surface area contributed by atoms with Crippen molar-refractivity contribution in [3.05, 3.63) is 36.0 Å². The zero-order valence-electron chi connectivity index (χ0n) is 15.7. The van der Waals surface area contributed by atoms with Crippen LogP contribution in [0.3, 0.4) is 0 Å². The van der Waals surface area contributed by atoms with Crippen LogP contribution in [0.5, 0.6) is 0 Å². The fourth-order valence-electron chi connectivity index (χ4n) is 2.16. The summed E-state index contributed by atoms with van der Waals surface area (Å²) in [5, 5.41) is 10.2. The summed E-state index contributed by atoms with van der Waals surface area (Å²) >= 11 is 0. The molecule has 0 aromatic heterocycles. The minimum Gasteiger partial charge on any atom is -0.458 e. The van der Waals surface area contributed by atoms with Gasteiger partial charge in [-0.25, -0.2) is 0 Å². The van der Waals surface area contributed by atoms with E-state index in [2.05, 4.69) is 26.5 Å². The lowest BCUT2D eigenvalue weighted by Gasteiger charge is -2.24. The van der Waals surface area contributed by atoms with Gasteiger partial charge in [-0.05, 0) is 52.5 Å². The van der Waals surface area contributed by atoms with E-state index < -0.39 is 11.7 Å². The van der Waals surface area contributed by atoms with Gasteiger partial charge in [0, 0.05) is 12.8 Å². The van der Waals surface area contributed by atoms with Crippen LogP contribution in [0.4, 0.5) is 0 Å². The molecule has 0 bridgehead atoms. The summed E-state index contributed by atoms with van der Waals surface area (Å²) in [6.45, 7) is 15.5. The van der Waals surface area contributed by atoms with Crippen molar-refractivity contribution in [2.24, 2.45) is 5.92 Å². The SMILES string of the molecule is C=C[C@](C)(O)C[C@@H](/C=C(\C)CCC=C(C)C)OC(=O)CC(C)C. The molecule has 0 unspecified atom stereocenters. The summed E-state index contributed by atoms with van der Waals surface area (Å²) in [4.78, 5) is 12.0. The lowest BCUT2D eigenvalue weighted by Crippen LogP contribution is -2.30. The molecule has 0 heterocycles. The Morgan fingerprint density at radius 2 is 1.91 bits per heavy atom. The zero-order chi connectivity index (χ0) is 18.0. The molecule has 1 N–H and O–H groups in total. The van der Waals surface area contributed by atoms with Crippen LogP contribution in [0.2, 0.25) is 0 Å². The fraction of sp³-hybridized carbons (Fsp3) is 0.650. The van der Waals surface area contributed by atoms with Crippen LogP contribution in [0, 0.1) is 5.92 Å². The Labute approximate surface area is 142 Å². The number of carbonyl (C=O) groups excluding carboxylic acids is 1. The minimum atomic E-state index is -1.06. The molecule has 0 aromatic carbocycles. The summed E-state index contributed by atoms with van der Waals surface area (Å²) in [6, 6.07) is 0. The van der Waals surface area contributed by atoms with Crippen molar-refractivity contribution in [1.29, 1.82) is 0 Å². The molecule has 0 aliphatic carbocycles. The van der Waals surface area contributed by atoms with E-state index in [1.54, 1.807) is 6.92 Å². The second-order valence-corrected chi connectivity index (χ2v) is 7.22. The first-order valence-corrected chi connectivity index (χ1v) is 8.42. The number of allylic oxidation sites excluding steroid dienone is 3. The Balaban J connectivity index is 4.92. The number of aliphatic hydroxyl groups is 1. The van der Waals surface area contributed by atoms with Crippen molar-refractivity contribution in [1.82, 2.24) is 0 Å². The molecule has 0 fully saturated rings. The first kappa shape index (κ1) is 21.6. The molecule has 0 aliphatic rings. The highest BCUT2D eigenvalue weighted by molar-refractivity contribution is 5.70. The Morgan fingerprint density at radius 3 is 2.39 bits per heavy atom. The third-order valence-electron chi connectivity index (χ3n) is 3.47. The highest BCUT2D eigenvalue weighted by Crippen LogP contribution is 2.20. The van der Waals surface area contributed by atoms with Gasteiger partial charge in [0.15, 0.2) is 0 Å². The maximum absolute atomic E-state index is 12.0. The van der Waals surface area contributed by atoms with Gasteiger partial charge in [-0.2, -0.15) is 0 Å². The van der Waals surface area contributed by atoms with Crippen molar-refractivity contribution in [2.75, 3.05) is 0 Å². The maximum atomic E-state index is 12.0. The van der Waals surface area contributed by atoms with E-state index in [0.717, 1.165) is 18.4 Å². The Kier molecular flexibility index (Phi) is 9.82. The molecular weight excluding hydrogens is 288 g/mol. The molecule has 0 radical (unpaired) electrons. The summed E-state index contributed by atoms with van der Waals surface area (Å²) in [5.74, 6) is 0.0315. The standard InChI is InChI=1S/C20H34O3/c1-8-20(7,22)14-18(23-19(21)12-16(4)5)13-17(6)11-9-10-15(2)3/h8,10,13,16,18,22H,1,9,11-12,14H2,2-7H3/b17-13+/t18-,20+/m1/s1. The average Bonchev–Trinajstić information content (AvgIpc) is 2.36. The van der Waals surface area contributed by atoms with Crippen LogP contribution in [0.1, 0.15) is 67.2 Å². The molecule has 0 aliphatic heterocycles. The van der Waals surface area contributed by atoms with Gasteiger partial charge in [-0.3, -0.25) is 4.79 Å². The summed E-state index contributed by atoms with van der Waals surface area (Å²) in [7, 11) is 0. The van der Waals surface area contributed by atoms with Crippen LogP contribution >= 0.6 is 0 Å². The molecule has 3 nitrogen and oxygen atoms in total. The minimum absolute atomic E-state index is 0.224. The second kappa shape index (κ2) is 10.4. The number of rotatable bonds is 10. The van der Waals surface area contributed by atoms with Gasteiger partial charge in [0.25, 0.3) is 0 Å². The smallest absolute Gasteiger partial charge is 0.306 e.